The molecule has 0 spiro atoms. The number of rotatable bonds is 2. The summed E-state index contributed by atoms with van der Waals surface area (Å²) in [5, 5.41) is 4.52. The van der Waals surface area contributed by atoms with E-state index in [-0.39, 0.29) is 5.69 Å². The third-order valence-corrected chi connectivity index (χ3v) is 3.76. The fraction of sp³-hybridized carbons (Fsp3) is 0. The fourth-order valence-electron chi connectivity index (χ4n) is 1.94. The van der Waals surface area contributed by atoms with E-state index in [0.717, 1.165) is 15.6 Å². The molecule has 5 heteroatoms. The smallest absolute Gasteiger partial charge is 0.150 e. The normalized spacial score (nSPS) is 10.8. The molecular weight excluding hydrogens is 343 g/mol. The first kappa shape index (κ1) is 13.3. The lowest BCUT2D eigenvalue weighted by Gasteiger charge is -2.05. The summed E-state index contributed by atoms with van der Waals surface area (Å²) in [4.78, 5) is 0. The van der Waals surface area contributed by atoms with Crippen molar-refractivity contribution in [2.75, 3.05) is 0 Å². The van der Waals surface area contributed by atoms with Gasteiger partial charge in [-0.15, -0.1) is 0 Å². The Bertz CT molecular complexity index is 733. The van der Waals surface area contributed by atoms with Crippen molar-refractivity contribution in [2.45, 2.75) is 0 Å². The molecule has 0 atom stereocenters. The quantitative estimate of drug-likeness (QED) is 0.628. The van der Waals surface area contributed by atoms with Crippen LogP contribution in [0.15, 0.2) is 59.3 Å². The second kappa shape index (κ2) is 5.38. The van der Waals surface area contributed by atoms with Crippen molar-refractivity contribution < 1.29 is 4.39 Å². The van der Waals surface area contributed by atoms with Crippen LogP contribution in [0.3, 0.4) is 0 Å². The maximum atomic E-state index is 13.8. The van der Waals surface area contributed by atoms with E-state index >= 15 is 0 Å². The predicted molar refractivity (Wildman–Crippen MR) is 81.7 cm³/mol. The molecule has 0 N–H and O–H groups in total. The molecular formula is C15H9BrClFN2. The van der Waals surface area contributed by atoms with Crippen LogP contribution in [-0.4, -0.2) is 9.78 Å². The van der Waals surface area contributed by atoms with Crippen LogP contribution in [0.1, 0.15) is 0 Å². The SMILES string of the molecule is Fc1cccc(Cl)c1-n1cc(-c2ccc(Br)cc2)cn1. The van der Waals surface area contributed by atoms with Gasteiger partial charge in [0.25, 0.3) is 0 Å². The Kier molecular flexibility index (Phi) is 3.59. The van der Waals surface area contributed by atoms with E-state index in [9.17, 15) is 4.39 Å². The van der Waals surface area contributed by atoms with Crippen LogP contribution in [0.2, 0.25) is 5.02 Å². The average molecular weight is 352 g/mol. The first-order valence-electron chi connectivity index (χ1n) is 5.90. The molecule has 1 aromatic heterocycles. The zero-order valence-corrected chi connectivity index (χ0v) is 12.6. The summed E-state index contributed by atoms with van der Waals surface area (Å²) in [6, 6.07) is 12.4. The van der Waals surface area contributed by atoms with Gasteiger partial charge in [0.1, 0.15) is 11.5 Å². The number of hydrogen-bond acceptors (Lipinski definition) is 1. The molecule has 0 radical (unpaired) electrons. The van der Waals surface area contributed by atoms with Gasteiger partial charge in [-0.05, 0) is 29.8 Å². The van der Waals surface area contributed by atoms with Crippen molar-refractivity contribution in [3.05, 3.63) is 70.2 Å². The molecule has 0 aliphatic rings. The number of para-hydroxylation sites is 1. The molecule has 100 valence electrons. The van der Waals surface area contributed by atoms with Crippen LogP contribution in [0.5, 0.6) is 0 Å². The minimum atomic E-state index is -0.400. The van der Waals surface area contributed by atoms with Gasteiger partial charge in [-0.2, -0.15) is 5.10 Å². The second-order valence-electron chi connectivity index (χ2n) is 4.25. The summed E-state index contributed by atoms with van der Waals surface area (Å²) in [5.74, 6) is -0.400. The lowest BCUT2D eigenvalue weighted by molar-refractivity contribution is 0.611. The molecule has 0 fully saturated rings. The van der Waals surface area contributed by atoms with Gasteiger partial charge >= 0.3 is 0 Å². The van der Waals surface area contributed by atoms with Crippen molar-refractivity contribution in [1.82, 2.24) is 9.78 Å². The Morgan fingerprint density at radius 2 is 1.80 bits per heavy atom. The molecule has 1 heterocycles. The molecule has 2 nitrogen and oxygen atoms in total. The first-order chi connectivity index (χ1) is 9.65. The Hall–Kier alpha value is -1.65. The Labute approximate surface area is 128 Å². The topological polar surface area (TPSA) is 17.8 Å². The molecule has 0 aliphatic heterocycles. The maximum Gasteiger partial charge on any atom is 0.150 e. The number of nitrogens with zero attached hydrogens (tertiary/aromatic N) is 2. The highest BCUT2D eigenvalue weighted by Gasteiger charge is 2.11. The largest absolute Gasteiger partial charge is 0.236 e. The zero-order chi connectivity index (χ0) is 14.1. The highest BCUT2D eigenvalue weighted by molar-refractivity contribution is 9.10. The van der Waals surface area contributed by atoms with E-state index in [1.165, 1.54) is 10.7 Å². The molecule has 0 amide bonds. The Morgan fingerprint density at radius 1 is 1.05 bits per heavy atom. The Morgan fingerprint density at radius 3 is 2.50 bits per heavy atom. The third-order valence-electron chi connectivity index (χ3n) is 2.93. The van der Waals surface area contributed by atoms with Crippen LogP contribution in [0.4, 0.5) is 4.39 Å². The van der Waals surface area contributed by atoms with Gasteiger partial charge < -0.3 is 0 Å². The van der Waals surface area contributed by atoms with Gasteiger partial charge in [0.15, 0.2) is 0 Å². The molecule has 2 aromatic carbocycles. The average Bonchev–Trinajstić information content (AvgIpc) is 2.89. The molecule has 3 aromatic rings. The second-order valence-corrected chi connectivity index (χ2v) is 5.57. The first-order valence-corrected chi connectivity index (χ1v) is 7.07. The summed E-state index contributed by atoms with van der Waals surface area (Å²) >= 11 is 9.42. The van der Waals surface area contributed by atoms with E-state index in [1.54, 1.807) is 24.5 Å². The summed E-state index contributed by atoms with van der Waals surface area (Å²) in [5.41, 5.74) is 2.17. The summed E-state index contributed by atoms with van der Waals surface area (Å²) in [6.07, 6.45) is 3.44. The van der Waals surface area contributed by atoms with E-state index in [4.69, 9.17) is 11.6 Å². The molecule has 0 bridgehead atoms. The monoisotopic (exact) mass is 350 g/mol. The zero-order valence-electron chi connectivity index (χ0n) is 10.2. The Balaban J connectivity index is 2.04. The van der Waals surface area contributed by atoms with Crippen molar-refractivity contribution in [3.8, 4) is 16.8 Å². The number of hydrogen-bond donors (Lipinski definition) is 0. The van der Waals surface area contributed by atoms with E-state index in [2.05, 4.69) is 21.0 Å². The van der Waals surface area contributed by atoms with E-state index in [1.807, 2.05) is 24.3 Å². The lowest BCUT2D eigenvalue weighted by atomic mass is 10.1. The minimum absolute atomic E-state index is 0.262. The highest BCUT2D eigenvalue weighted by Crippen LogP contribution is 2.26. The molecule has 0 aliphatic carbocycles. The summed E-state index contributed by atoms with van der Waals surface area (Å²) < 4.78 is 16.3. The van der Waals surface area contributed by atoms with Crippen LogP contribution < -0.4 is 0 Å². The third kappa shape index (κ3) is 2.49. The van der Waals surface area contributed by atoms with Gasteiger partial charge in [-0.25, -0.2) is 9.07 Å². The van der Waals surface area contributed by atoms with Gasteiger partial charge in [0, 0.05) is 16.2 Å². The highest BCUT2D eigenvalue weighted by atomic mass is 79.9. The number of halogens is 3. The maximum absolute atomic E-state index is 13.8. The standard InChI is InChI=1S/C15H9BrClFN2/c16-12-6-4-10(5-7-12)11-8-19-20(9-11)15-13(17)2-1-3-14(15)18/h1-9H. The van der Waals surface area contributed by atoms with Crippen LogP contribution in [-0.2, 0) is 0 Å². The summed E-state index contributed by atoms with van der Waals surface area (Å²) in [7, 11) is 0. The van der Waals surface area contributed by atoms with Gasteiger partial charge in [0.2, 0.25) is 0 Å². The van der Waals surface area contributed by atoms with Crippen molar-refractivity contribution in [2.24, 2.45) is 0 Å². The van der Waals surface area contributed by atoms with Crippen molar-refractivity contribution in [3.63, 3.8) is 0 Å². The lowest BCUT2D eigenvalue weighted by Crippen LogP contribution is -1.98. The molecule has 20 heavy (non-hydrogen) atoms. The van der Waals surface area contributed by atoms with E-state index in [0.29, 0.717) is 5.02 Å². The van der Waals surface area contributed by atoms with Crippen LogP contribution >= 0.6 is 27.5 Å². The minimum Gasteiger partial charge on any atom is -0.236 e. The predicted octanol–water partition coefficient (Wildman–Crippen LogP) is 5.09. The molecule has 0 unspecified atom stereocenters. The molecule has 0 saturated heterocycles. The van der Waals surface area contributed by atoms with Gasteiger partial charge in [-0.1, -0.05) is 45.7 Å². The fourth-order valence-corrected chi connectivity index (χ4v) is 2.46. The van der Waals surface area contributed by atoms with Gasteiger partial charge in [0.05, 0.1) is 11.2 Å². The molecule has 0 saturated carbocycles. The number of benzene rings is 2. The van der Waals surface area contributed by atoms with Crippen LogP contribution in [0.25, 0.3) is 16.8 Å². The molecule has 3 rings (SSSR count). The summed E-state index contributed by atoms with van der Waals surface area (Å²) in [6.45, 7) is 0. The van der Waals surface area contributed by atoms with Crippen LogP contribution in [0, 0.1) is 5.82 Å². The van der Waals surface area contributed by atoms with Crippen molar-refractivity contribution in [1.29, 1.82) is 0 Å². The van der Waals surface area contributed by atoms with E-state index < -0.39 is 5.82 Å². The number of aromatic nitrogens is 2. The van der Waals surface area contributed by atoms with Crippen molar-refractivity contribution >= 4 is 27.5 Å². The van der Waals surface area contributed by atoms with Gasteiger partial charge in [-0.3, -0.25) is 0 Å².